The van der Waals surface area contributed by atoms with Crippen LogP contribution in [0.25, 0.3) is 0 Å². The van der Waals surface area contributed by atoms with Crippen molar-refractivity contribution >= 4 is 5.91 Å². The van der Waals surface area contributed by atoms with E-state index in [1.807, 2.05) is 37.1 Å². The largest absolute Gasteiger partial charge is 0.338 e. The van der Waals surface area contributed by atoms with Crippen LogP contribution in [0, 0.1) is 19.3 Å². The molecule has 0 heterocycles. The molecule has 2 heteroatoms. The third kappa shape index (κ3) is 3.12. The van der Waals surface area contributed by atoms with Gasteiger partial charge in [0, 0.05) is 18.7 Å². The van der Waals surface area contributed by atoms with Gasteiger partial charge in [-0.3, -0.25) is 4.79 Å². The van der Waals surface area contributed by atoms with Crippen molar-refractivity contribution in [2.24, 2.45) is 5.41 Å². The Morgan fingerprint density at radius 2 is 1.72 bits per heavy atom. The number of hydrogen-bond donors (Lipinski definition) is 0. The minimum absolute atomic E-state index is 0.0875. The van der Waals surface area contributed by atoms with Crippen LogP contribution in [0.3, 0.4) is 0 Å². The van der Waals surface area contributed by atoms with E-state index in [9.17, 15) is 4.79 Å². The molecule has 0 unspecified atom stereocenters. The summed E-state index contributed by atoms with van der Waals surface area (Å²) in [5.74, 6) is 0.0977. The molecule has 100 valence electrons. The second-order valence-corrected chi connectivity index (χ2v) is 6.26. The summed E-state index contributed by atoms with van der Waals surface area (Å²) in [6.45, 7) is 12.7. The van der Waals surface area contributed by atoms with Gasteiger partial charge in [-0.25, -0.2) is 0 Å². The Hall–Kier alpha value is -1.31. The maximum Gasteiger partial charge on any atom is 0.253 e. The first-order valence-corrected chi connectivity index (χ1v) is 6.49. The third-order valence-electron chi connectivity index (χ3n) is 3.91. The molecular weight excluding hydrogens is 222 g/mol. The van der Waals surface area contributed by atoms with Crippen LogP contribution in [0.15, 0.2) is 18.2 Å². The van der Waals surface area contributed by atoms with Gasteiger partial charge in [-0.15, -0.1) is 0 Å². The lowest BCUT2D eigenvalue weighted by atomic mass is 9.87. The molecule has 0 radical (unpaired) electrons. The lowest BCUT2D eigenvalue weighted by Crippen LogP contribution is -2.42. The predicted molar refractivity (Wildman–Crippen MR) is 76.9 cm³/mol. The molecule has 1 aromatic carbocycles. The fourth-order valence-corrected chi connectivity index (χ4v) is 1.83. The van der Waals surface area contributed by atoms with Crippen molar-refractivity contribution in [2.45, 2.75) is 47.6 Å². The molecule has 2 nitrogen and oxygen atoms in total. The van der Waals surface area contributed by atoms with Gasteiger partial charge in [-0.2, -0.15) is 0 Å². The van der Waals surface area contributed by atoms with Crippen LogP contribution in [-0.2, 0) is 0 Å². The molecule has 0 saturated heterocycles. The van der Waals surface area contributed by atoms with E-state index in [1.165, 1.54) is 5.56 Å². The molecule has 1 amide bonds. The maximum atomic E-state index is 12.4. The van der Waals surface area contributed by atoms with E-state index >= 15 is 0 Å². The number of benzene rings is 1. The van der Waals surface area contributed by atoms with E-state index in [0.717, 1.165) is 11.1 Å². The molecule has 0 spiro atoms. The summed E-state index contributed by atoms with van der Waals surface area (Å²) in [7, 11) is 1.88. The molecule has 1 aromatic rings. The van der Waals surface area contributed by atoms with Gasteiger partial charge in [0.15, 0.2) is 0 Å². The summed E-state index contributed by atoms with van der Waals surface area (Å²) in [6, 6.07) is 6.10. The zero-order valence-corrected chi connectivity index (χ0v) is 12.7. The summed E-state index contributed by atoms with van der Waals surface area (Å²) >= 11 is 0. The fraction of sp³-hybridized carbons (Fsp3) is 0.562. The standard InChI is InChI=1S/C16H25NO/c1-11-8-9-14(10-12(11)2)15(18)17(7)13(3)16(4,5)6/h8-10,13H,1-7H3/t13-/m0/s1. The van der Waals surface area contributed by atoms with Gasteiger partial charge in [0.1, 0.15) is 0 Å². The molecule has 0 aromatic heterocycles. The number of carbonyl (C=O) groups is 1. The van der Waals surface area contributed by atoms with Crippen LogP contribution in [0.2, 0.25) is 0 Å². The quantitative estimate of drug-likeness (QED) is 0.778. The minimum Gasteiger partial charge on any atom is -0.338 e. The number of carbonyl (C=O) groups excluding carboxylic acids is 1. The Balaban J connectivity index is 2.97. The van der Waals surface area contributed by atoms with E-state index < -0.39 is 0 Å². The first-order valence-electron chi connectivity index (χ1n) is 6.49. The van der Waals surface area contributed by atoms with E-state index in [0.29, 0.717) is 0 Å². The van der Waals surface area contributed by atoms with Crippen molar-refractivity contribution in [3.8, 4) is 0 Å². The van der Waals surface area contributed by atoms with Gasteiger partial charge in [-0.05, 0) is 49.4 Å². The molecule has 0 aliphatic heterocycles. The average molecular weight is 247 g/mol. The van der Waals surface area contributed by atoms with Crippen molar-refractivity contribution in [1.29, 1.82) is 0 Å². The van der Waals surface area contributed by atoms with Crippen LogP contribution < -0.4 is 0 Å². The number of rotatable bonds is 2. The van der Waals surface area contributed by atoms with Crippen LogP contribution in [0.4, 0.5) is 0 Å². The van der Waals surface area contributed by atoms with Gasteiger partial charge >= 0.3 is 0 Å². The normalized spacial score (nSPS) is 13.3. The lowest BCUT2D eigenvalue weighted by Gasteiger charge is -2.35. The zero-order valence-electron chi connectivity index (χ0n) is 12.7. The van der Waals surface area contributed by atoms with Crippen LogP contribution in [0.1, 0.15) is 49.2 Å². The highest BCUT2D eigenvalue weighted by Gasteiger charge is 2.27. The van der Waals surface area contributed by atoms with Gasteiger partial charge in [-0.1, -0.05) is 26.8 Å². The summed E-state index contributed by atoms with van der Waals surface area (Å²) in [5, 5.41) is 0. The van der Waals surface area contributed by atoms with Crippen LogP contribution >= 0.6 is 0 Å². The monoisotopic (exact) mass is 247 g/mol. The second kappa shape index (κ2) is 5.13. The summed E-state index contributed by atoms with van der Waals surface area (Å²) < 4.78 is 0. The topological polar surface area (TPSA) is 20.3 Å². The SMILES string of the molecule is Cc1ccc(C(=O)N(C)[C@@H](C)C(C)(C)C)cc1C. The molecule has 0 aliphatic rings. The van der Waals surface area contributed by atoms with Crippen molar-refractivity contribution in [1.82, 2.24) is 4.90 Å². The van der Waals surface area contributed by atoms with Gasteiger partial charge in [0.2, 0.25) is 0 Å². The highest BCUT2D eigenvalue weighted by atomic mass is 16.2. The number of aryl methyl sites for hydroxylation is 2. The molecule has 0 aliphatic carbocycles. The van der Waals surface area contributed by atoms with Crippen LogP contribution in [0.5, 0.6) is 0 Å². The van der Waals surface area contributed by atoms with Gasteiger partial charge in [0.05, 0.1) is 0 Å². The smallest absolute Gasteiger partial charge is 0.253 e. The van der Waals surface area contributed by atoms with Crippen molar-refractivity contribution < 1.29 is 4.79 Å². The Kier molecular flexibility index (Phi) is 4.20. The number of hydrogen-bond acceptors (Lipinski definition) is 1. The van der Waals surface area contributed by atoms with E-state index in [-0.39, 0.29) is 17.4 Å². The number of nitrogens with zero attached hydrogens (tertiary/aromatic N) is 1. The fourth-order valence-electron chi connectivity index (χ4n) is 1.83. The lowest BCUT2D eigenvalue weighted by molar-refractivity contribution is 0.0629. The molecule has 0 N–H and O–H groups in total. The summed E-state index contributed by atoms with van der Waals surface area (Å²) in [5.41, 5.74) is 3.25. The van der Waals surface area contributed by atoms with E-state index in [4.69, 9.17) is 0 Å². The Bertz CT molecular complexity index is 443. The van der Waals surface area contributed by atoms with Gasteiger partial charge in [0.25, 0.3) is 5.91 Å². The summed E-state index contributed by atoms with van der Waals surface area (Å²) in [4.78, 5) is 14.3. The Morgan fingerprint density at radius 1 is 1.17 bits per heavy atom. The maximum absolute atomic E-state index is 12.4. The number of amides is 1. The molecule has 0 bridgehead atoms. The van der Waals surface area contributed by atoms with E-state index in [2.05, 4.69) is 34.6 Å². The highest BCUT2D eigenvalue weighted by molar-refractivity contribution is 5.94. The first-order chi connectivity index (χ1) is 8.14. The highest BCUT2D eigenvalue weighted by Crippen LogP contribution is 2.24. The Labute approximate surface area is 111 Å². The third-order valence-corrected chi connectivity index (χ3v) is 3.91. The zero-order chi connectivity index (χ0) is 14.1. The van der Waals surface area contributed by atoms with E-state index in [1.54, 1.807) is 0 Å². The molecule has 18 heavy (non-hydrogen) atoms. The minimum atomic E-state index is 0.0875. The first kappa shape index (κ1) is 14.7. The molecule has 0 fully saturated rings. The average Bonchev–Trinajstić information content (AvgIpc) is 2.28. The summed E-state index contributed by atoms with van der Waals surface area (Å²) in [6.07, 6.45) is 0. The molecule has 1 atom stereocenters. The Morgan fingerprint density at radius 3 is 2.17 bits per heavy atom. The van der Waals surface area contributed by atoms with Crippen LogP contribution in [-0.4, -0.2) is 23.9 Å². The molecular formula is C16H25NO. The second-order valence-electron chi connectivity index (χ2n) is 6.26. The van der Waals surface area contributed by atoms with Crippen molar-refractivity contribution in [3.05, 3.63) is 34.9 Å². The van der Waals surface area contributed by atoms with Crippen molar-refractivity contribution in [3.63, 3.8) is 0 Å². The predicted octanol–water partition coefficient (Wildman–Crippen LogP) is 3.81. The molecule has 0 saturated carbocycles. The van der Waals surface area contributed by atoms with Crippen molar-refractivity contribution in [2.75, 3.05) is 7.05 Å². The molecule has 1 rings (SSSR count). The van der Waals surface area contributed by atoms with Gasteiger partial charge < -0.3 is 4.90 Å².